The van der Waals surface area contributed by atoms with Crippen LogP contribution >= 0.6 is 27.5 Å². The van der Waals surface area contributed by atoms with E-state index in [2.05, 4.69) is 26.7 Å². The summed E-state index contributed by atoms with van der Waals surface area (Å²) >= 11 is 9.23. The number of anilines is 1. The van der Waals surface area contributed by atoms with Gasteiger partial charge in [0, 0.05) is 27.2 Å². The second-order valence-electron chi connectivity index (χ2n) is 7.35. The zero-order valence-corrected chi connectivity index (χ0v) is 19.7. The molecule has 0 saturated carbocycles. The van der Waals surface area contributed by atoms with Crippen molar-refractivity contribution in [2.45, 2.75) is 20.3 Å². The van der Waals surface area contributed by atoms with E-state index < -0.39 is 36.2 Å². The highest BCUT2D eigenvalue weighted by atomic mass is 79.9. The molecule has 1 saturated heterocycles. The molecular formula is C22H21BrClN3O5. The zero-order chi connectivity index (χ0) is 23.4. The Hall–Kier alpha value is -2.91. The van der Waals surface area contributed by atoms with Gasteiger partial charge in [-0.2, -0.15) is 0 Å². The third-order valence-electron chi connectivity index (χ3n) is 5.14. The van der Waals surface area contributed by atoms with E-state index in [9.17, 15) is 19.2 Å². The summed E-state index contributed by atoms with van der Waals surface area (Å²) in [5, 5.41) is 4.27. The number of carbonyl (C=O) groups excluding carboxylic acids is 4. The minimum atomic E-state index is -0.780. The van der Waals surface area contributed by atoms with Crippen molar-refractivity contribution in [1.29, 1.82) is 0 Å². The summed E-state index contributed by atoms with van der Waals surface area (Å²) in [7, 11) is 0. The number of nitrogens with zero attached hydrogens (tertiary/aromatic N) is 1. The van der Waals surface area contributed by atoms with Gasteiger partial charge in [-0.3, -0.25) is 29.6 Å². The van der Waals surface area contributed by atoms with Gasteiger partial charge in [0.1, 0.15) is 0 Å². The van der Waals surface area contributed by atoms with Crippen LogP contribution in [0.3, 0.4) is 0 Å². The summed E-state index contributed by atoms with van der Waals surface area (Å²) in [5.74, 6) is -2.86. The predicted octanol–water partition coefficient (Wildman–Crippen LogP) is 3.39. The number of rotatable bonds is 6. The Kier molecular flexibility index (Phi) is 7.52. The van der Waals surface area contributed by atoms with Gasteiger partial charge in [-0.25, -0.2) is 0 Å². The smallest absolute Gasteiger partial charge is 0.311 e. The van der Waals surface area contributed by atoms with Crippen molar-refractivity contribution < 1.29 is 23.9 Å². The first kappa shape index (κ1) is 23.7. The maximum atomic E-state index is 12.3. The van der Waals surface area contributed by atoms with Crippen molar-refractivity contribution in [2.75, 3.05) is 18.5 Å². The van der Waals surface area contributed by atoms with Crippen LogP contribution in [-0.2, 0) is 19.1 Å². The third-order valence-corrected chi connectivity index (χ3v) is 6.25. The number of hydrogen-bond acceptors (Lipinski definition) is 5. The van der Waals surface area contributed by atoms with Crippen LogP contribution in [0, 0.1) is 19.8 Å². The average molecular weight is 523 g/mol. The monoisotopic (exact) mass is 521 g/mol. The topological polar surface area (TPSA) is 105 Å². The largest absolute Gasteiger partial charge is 0.455 e. The molecule has 1 fully saturated rings. The summed E-state index contributed by atoms with van der Waals surface area (Å²) in [6.45, 7) is 3.28. The summed E-state index contributed by atoms with van der Waals surface area (Å²) in [4.78, 5) is 49.0. The average Bonchev–Trinajstić information content (AvgIpc) is 3.13. The Morgan fingerprint density at radius 1 is 1.12 bits per heavy atom. The number of amides is 3. The van der Waals surface area contributed by atoms with Gasteiger partial charge in [-0.15, -0.1) is 0 Å². The summed E-state index contributed by atoms with van der Waals surface area (Å²) < 4.78 is 6.02. The number of ether oxygens (including phenoxy) is 1. The molecule has 10 heteroatoms. The molecular weight excluding hydrogens is 502 g/mol. The van der Waals surface area contributed by atoms with Crippen molar-refractivity contribution >= 4 is 56.9 Å². The Morgan fingerprint density at radius 2 is 1.81 bits per heavy atom. The van der Waals surface area contributed by atoms with Crippen LogP contribution in [0.15, 0.2) is 40.9 Å². The molecule has 2 aromatic carbocycles. The number of nitrogens with one attached hydrogen (secondary N) is 2. The molecule has 1 aliphatic rings. The lowest BCUT2D eigenvalue weighted by Gasteiger charge is -2.17. The van der Waals surface area contributed by atoms with E-state index in [1.807, 2.05) is 19.9 Å². The van der Waals surface area contributed by atoms with Gasteiger partial charge in [0.15, 0.2) is 6.61 Å². The number of esters is 1. The molecule has 32 heavy (non-hydrogen) atoms. The molecule has 0 radical (unpaired) electrons. The molecule has 1 aliphatic heterocycles. The second-order valence-corrected chi connectivity index (χ2v) is 8.64. The Balaban J connectivity index is 1.50. The minimum Gasteiger partial charge on any atom is -0.455 e. The van der Waals surface area contributed by atoms with Crippen molar-refractivity contribution in [3.8, 4) is 0 Å². The molecule has 2 aromatic rings. The third kappa shape index (κ3) is 5.66. The first-order valence-electron chi connectivity index (χ1n) is 9.75. The molecule has 0 aromatic heterocycles. The molecule has 2 N–H and O–H groups in total. The highest BCUT2D eigenvalue weighted by Gasteiger charge is 2.36. The standard InChI is InChI=1S/C22H21BrClN3O5/c1-12-13(2)18(8-7-17(12)23)25-19(28)11-32-22(31)15-9-20(29)27(10-15)26-21(30)14-3-5-16(24)6-4-14/h3-8,15H,9-11H2,1-2H3,(H,25,28)(H,26,30)/t15-/m0/s1. The van der Waals surface area contributed by atoms with Gasteiger partial charge >= 0.3 is 5.97 Å². The molecule has 8 nitrogen and oxygen atoms in total. The number of halogens is 2. The second kappa shape index (κ2) is 10.1. The fourth-order valence-corrected chi connectivity index (χ4v) is 3.68. The molecule has 0 spiro atoms. The Morgan fingerprint density at radius 3 is 2.50 bits per heavy atom. The fraction of sp³-hybridized carbons (Fsp3) is 0.273. The Bertz CT molecular complexity index is 1070. The molecule has 1 atom stereocenters. The SMILES string of the molecule is Cc1c(Br)ccc(NC(=O)COC(=O)[C@H]2CC(=O)N(NC(=O)c3ccc(Cl)cc3)C2)c1C. The van der Waals surface area contributed by atoms with Crippen LogP contribution in [0.1, 0.15) is 27.9 Å². The van der Waals surface area contributed by atoms with Crippen molar-refractivity contribution in [2.24, 2.45) is 5.92 Å². The van der Waals surface area contributed by atoms with E-state index in [4.69, 9.17) is 16.3 Å². The molecule has 0 aliphatic carbocycles. The lowest BCUT2D eigenvalue weighted by atomic mass is 10.1. The molecule has 3 amide bonds. The maximum absolute atomic E-state index is 12.3. The molecule has 168 valence electrons. The minimum absolute atomic E-state index is 0.0381. The van der Waals surface area contributed by atoms with Crippen LogP contribution in [0.2, 0.25) is 5.02 Å². The highest BCUT2D eigenvalue weighted by Crippen LogP contribution is 2.26. The van der Waals surface area contributed by atoms with Gasteiger partial charge in [0.05, 0.1) is 12.5 Å². The summed E-state index contributed by atoms with van der Waals surface area (Å²) in [6.07, 6.45) is -0.119. The summed E-state index contributed by atoms with van der Waals surface area (Å²) in [5.41, 5.74) is 5.31. The van der Waals surface area contributed by atoms with E-state index in [0.717, 1.165) is 20.6 Å². The Labute approximate surface area is 198 Å². The number of carbonyl (C=O) groups is 4. The van der Waals surface area contributed by atoms with Crippen LogP contribution in [0.25, 0.3) is 0 Å². The normalized spacial score (nSPS) is 15.4. The number of hydrogen-bond donors (Lipinski definition) is 2. The first-order chi connectivity index (χ1) is 15.2. The highest BCUT2D eigenvalue weighted by molar-refractivity contribution is 9.10. The van der Waals surface area contributed by atoms with Crippen LogP contribution < -0.4 is 10.7 Å². The van der Waals surface area contributed by atoms with Gasteiger partial charge in [0.25, 0.3) is 11.8 Å². The lowest BCUT2D eigenvalue weighted by Crippen LogP contribution is -2.43. The van der Waals surface area contributed by atoms with E-state index in [0.29, 0.717) is 16.3 Å². The lowest BCUT2D eigenvalue weighted by molar-refractivity contribution is -0.151. The van der Waals surface area contributed by atoms with E-state index in [1.165, 1.54) is 12.1 Å². The van der Waals surface area contributed by atoms with E-state index >= 15 is 0 Å². The van der Waals surface area contributed by atoms with Crippen LogP contribution in [0.5, 0.6) is 0 Å². The molecule has 0 unspecified atom stereocenters. The molecule has 3 rings (SSSR count). The van der Waals surface area contributed by atoms with Crippen molar-refractivity contribution in [1.82, 2.24) is 10.4 Å². The zero-order valence-electron chi connectivity index (χ0n) is 17.4. The van der Waals surface area contributed by atoms with Crippen molar-refractivity contribution in [3.05, 3.63) is 62.6 Å². The maximum Gasteiger partial charge on any atom is 0.311 e. The predicted molar refractivity (Wildman–Crippen MR) is 122 cm³/mol. The molecule has 0 bridgehead atoms. The number of benzene rings is 2. The van der Waals surface area contributed by atoms with Gasteiger partial charge in [-0.1, -0.05) is 27.5 Å². The quantitative estimate of drug-likeness (QED) is 0.566. The van der Waals surface area contributed by atoms with E-state index in [-0.39, 0.29) is 13.0 Å². The summed E-state index contributed by atoms with van der Waals surface area (Å²) in [6, 6.07) is 9.74. The van der Waals surface area contributed by atoms with Gasteiger partial charge < -0.3 is 10.1 Å². The first-order valence-corrected chi connectivity index (χ1v) is 10.9. The van der Waals surface area contributed by atoms with Gasteiger partial charge in [-0.05, 0) is 61.4 Å². The van der Waals surface area contributed by atoms with Crippen LogP contribution in [0.4, 0.5) is 5.69 Å². The van der Waals surface area contributed by atoms with E-state index in [1.54, 1.807) is 18.2 Å². The fourth-order valence-electron chi connectivity index (χ4n) is 3.13. The van der Waals surface area contributed by atoms with Crippen molar-refractivity contribution in [3.63, 3.8) is 0 Å². The van der Waals surface area contributed by atoms with Crippen LogP contribution in [-0.4, -0.2) is 41.9 Å². The molecule has 1 heterocycles. The van der Waals surface area contributed by atoms with Gasteiger partial charge in [0.2, 0.25) is 5.91 Å². The number of hydrazine groups is 1.